The molecule has 1 rings (SSSR count). The van der Waals surface area contributed by atoms with Gasteiger partial charge in [-0.3, -0.25) is 4.57 Å². The highest BCUT2D eigenvalue weighted by atomic mass is 31.2. The van der Waals surface area contributed by atoms with Gasteiger partial charge in [0.1, 0.15) is 12.7 Å². The maximum Gasteiger partial charge on any atom is 0.268 e. The van der Waals surface area contributed by atoms with Crippen molar-refractivity contribution >= 4 is 7.82 Å². The number of unbranched alkanes of at least 4 members (excludes halogenated alkanes) is 11. The van der Waals surface area contributed by atoms with Crippen LogP contribution in [0.4, 0.5) is 0 Å². The molecule has 0 bridgehead atoms. The monoisotopic (exact) mass is 463 g/mol. The van der Waals surface area contributed by atoms with Gasteiger partial charge in [-0.15, -0.1) is 0 Å². The van der Waals surface area contributed by atoms with E-state index in [4.69, 9.17) is 14.0 Å². The van der Waals surface area contributed by atoms with Crippen LogP contribution in [-0.2, 0) is 23.1 Å². The third-order valence-electron chi connectivity index (χ3n) is 5.33. The number of allylic oxidation sites excluding steroid dienone is 2. The van der Waals surface area contributed by atoms with Crippen LogP contribution in [-0.4, -0.2) is 38.8 Å². The van der Waals surface area contributed by atoms with Gasteiger partial charge < -0.3 is 29.1 Å². The molecule has 7 nitrogen and oxygen atoms in total. The highest BCUT2D eigenvalue weighted by Crippen LogP contribution is 2.38. The lowest BCUT2D eigenvalue weighted by atomic mass is 10.1. The van der Waals surface area contributed by atoms with Crippen LogP contribution in [0.15, 0.2) is 12.2 Å². The molecular formula is C23H46NO6P. The molecule has 1 fully saturated rings. The van der Waals surface area contributed by atoms with Crippen molar-refractivity contribution in [3.05, 3.63) is 12.2 Å². The first-order valence-corrected chi connectivity index (χ1v) is 13.8. The summed E-state index contributed by atoms with van der Waals surface area (Å²) < 4.78 is 32.3. The van der Waals surface area contributed by atoms with Crippen molar-refractivity contribution in [2.75, 3.05) is 26.4 Å². The number of hydrogen-bond donors (Lipinski definition) is 1. The van der Waals surface area contributed by atoms with E-state index < -0.39 is 7.82 Å². The lowest BCUT2D eigenvalue weighted by Crippen LogP contribution is -2.52. The number of phosphoric ester groups is 1. The van der Waals surface area contributed by atoms with Crippen LogP contribution in [0.5, 0.6) is 0 Å². The summed E-state index contributed by atoms with van der Waals surface area (Å²) in [5, 5.41) is 0. The number of quaternary nitrogens is 1. The molecule has 184 valence electrons. The van der Waals surface area contributed by atoms with Crippen LogP contribution in [0.2, 0.25) is 0 Å². The Bertz CT molecular complexity index is 491. The van der Waals surface area contributed by atoms with E-state index in [0.29, 0.717) is 13.2 Å². The Labute approximate surface area is 189 Å². The number of phosphoric acid groups is 1. The van der Waals surface area contributed by atoms with Gasteiger partial charge in [0.05, 0.1) is 19.8 Å². The molecule has 0 spiro atoms. The highest BCUT2D eigenvalue weighted by molar-refractivity contribution is 7.45. The SMILES string of the molecule is CCCCCCCC/C=C\CCCCCCCC1OCC(COP(=O)([O-])OCC[NH3+])O1. The first-order valence-electron chi connectivity index (χ1n) is 12.4. The molecule has 1 aliphatic rings. The molecule has 0 saturated carbocycles. The Kier molecular flexibility index (Phi) is 17.8. The molecule has 0 aliphatic carbocycles. The smallest absolute Gasteiger partial charge is 0.268 e. The Morgan fingerprint density at radius 3 is 2.23 bits per heavy atom. The van der Waals surface area contributed by atoms with Gasteiger partial charge >= 0.3 is 0 Å². The minimum atomic E-state index is -4.27. The second-order valence-electron chi connectivity index (χ2n) is 8.32. The van der Waals surface area contributed by atoms with Crippen LogP contribution in [0.3, 0.4) is 0 Å². The summed E-state index contributed by atoms with van der Waals surface area (Å²) in [4.78, 5) is 11.5. The van der Waals surface area contributed by atoms with Crippen LogP contribution >= 0.6 is 7.82 Å². The molecule has 1 saturated heterocycles. The first-order chi connectivity index (χ1) is 15.1. The maximum absolute atomic E-state index is 11.5. The van der Waals surface area contributed by atoms with Crippen molar-refractivity contribution < 1.29 is 33.7 Å². The Balaban J connectivity index is 1.89. The van der Waals surface area contributed by atoms with Crippen molar-refractivity contribution in [1.29, 1.82) is 0 Å². The Hall–Kier alpha value is -0.270. The van der Waals surface area contributed by atoms with Gasteiger partial charge in [0.15, 0.2) is 6.29 Å². The van der Waals surface area contributed by atoms with Gasteiger partial charge in [-0.05, 0) is 38.5 Å². The molecule has 0 amide bonds. The Morgan fingerprint density at radius 2 is 1.58 bits per heavy atom. The van der Waals surface area contributed by atoms with E-state index in [-0.39, 0.29) is 25.6 Å². The minimum Gasteiger partial charge on any atom is -0.756 e. The van der Waals surface area contributed by atoms with Gasteiger partial charge in [0.2, 0.25) is 0 Å². The normalized spacial score (nSPS) is 21.1. The van der Waals surface area contributed by atoms with Gasteiger partial charge in [0, 0.05) is 0 Å². The third kappa shape index (κ3) is 16.9. The van der Waals surface area contributed by atoms with Crippen molar-refractivity contribution in [1.82, 2.24) is 0 Å². The van der Waals surface area contributed by atoms with Gasteiger partial charge in [-0.2, -0.15) is 0 Å². The average Bonchev–Trinajstić information content (AvgIpc) is 3.21. The molecule has 3 N–H and O–H groups in total. The topological polar surface area (TPSA) is 105 Å². The minimum absolute atomic E-state index is 0.0287. The van der Waals surface area contributed by atoms with Crippen molar-refractivity contribution in [2.24, 2.45) is 0 Å². The predicted molar refractivity (Wildman–Crippen MR) is 121 cm³/mol. The summed E-state index contributed by atoms with van der Waals surface area (Å²) in [6, 6.07) is 0. The zero-order valence-electron chi connectivity index (χ0n) is 19.6. The molecular weight excluding hydrogens is 417 g/mol. The Morgan fingerprint density at radius 1 is 0.968 bits per heavy atom. The van der Waals surface area contributed by atoms with Gasteiger partial charge in [0.25, 0.3) is 7.82 Å². The van der Waals surface area contributed by atoms with Crippen molar-refractivity contribution in [3.63, 3.8) is 0 Å². The summed E-state index contributed by atoms with van der Waals surface area (Å²) >= 11 is 0. The summed E-state index contributed by atoms with van der Waals surface area (Å²) in [6.45, 7) is 2.94. The number of hydrogen-bond acceptors (Lipinski definition) is 6. The molecule has 1 aliphatic heterocycles. The van der Waals surface area contributed by atoms with E-state index in [2.05, 4.69) is 29.3 Å². The largest absolute Gasteiger partial charge is 0.756 e. The molecule has 0 aromatic rings. The van der Waals surface area contributed by atoms with Crippen molar-refractivity contribution in [2.45, 2.75) is 109 Å². The van der Waals surface area contributed by atoms with E-state index in [1.165, 1.54) is 77.0 Å². The van der Waals surface area contributed by atoms with E-state index in [0.717, 1.165) is 12.8 Å². The fraction of sp³-hybridized carbons (Fsp3) is 0.913. The number of ether oxygens (including phenoxy) is 2. The molecule has 0 radical (unpaired) electrons. The molecule has 3 atom stereocenters. The van der Waals surface area contributed by atoms with Crippen LogP contribution in [0.1, 0.15) is 96.8 Å². The second-order valence-corrected chi connectivity index (χ2v) is 9.73. The van der Waals surface area contributed by atoms with Gasteiger partial charge in [-0.25, -0.2) is 0 Å². The quantitative estimate of drug-likeness (QED) is 0.153. The lowest BCUT2D eigenvalue weighted by Gasteiger charge is -2.23. The fourth-order valence-corrected chi connectivity index (χ4v) is 4.29. The molecule has 8 heteroatoms. The van der Waals surface area contributed by atoms with E-state index in [1.807, 2.05) is 0 Å². The molecule has 3 unspecified atom stereocenters. The van der Waals surface area contributed by atoms with E-state index in [9.17, 15) is 9.46 Å². The molecule has 1 heterocycles. The summed E-state index contributed by atoms with van der Waals surface area (Å²) in [5.41, 5.74) is 3.53. The van der Waals surface area contributed by atoms with Crippen LogP contribution in [0.25, 0.3) is 0 Å². The fourth-order valence-electron chi connectivity index (χ4n) is 3.52. The molecule has 0 aromatic carbocycles. The average molecular weight is 464 g/mol. The molecule has 0 aromatic heterocycles. The highest BCUT2D eigenvalue weighted by Gasteiger charge is 2.27. The van der Waals surface area contributed by atoms with E-state index in [1.54, 1.807) is 0 Å². The number of rotatable bonds is 21. The summed E-state index contributed by atoms with van der Waals surface area (Å²) in [7, 11) is -4.27. The maximum atomic E-state index is 11.5. The third-order valence-corrected chi connectivity index (χ3v) is 6.29. The van der Waals surface area contributed by atoms with Crippen LogP contribution in [0, 0.1) is 0 Å². The standard InChI is InChI=1S/C23H46NO6P/c1-2-3-4-5-6-7-8-9-10-11-12-13-14-15-16-17-23-27-20-22(30-23)21-29-31(25,26)28-19-18-24/h9-10,22-23H,2-8,11-21,24H2,1H3,(H,25,26)/b10-9-. The summed E-state index contributed by atoms with van der Waals surface area (Å²) in [6.07, 6.45) is 21.5. The zero-order valence-corrected chi connectivity index (χ0v) is 20.5. The predicted octanol–water partition coefficient (Wildman–Crippen LogP) is 4.51. The lowest BCUT2D eigenvalue weighted by molar-refractivity contribution is -0.373. The summed E-state index contributed by atoms with van der Waals surface area (Å²) in [5.74, 6) is 0. The van der Waals surface area contributed by atoms with Gasteiger partial charge in [-0.1, -0.05) is 70.4 Å². The van der Waals surface area contributed by atoms with Crippen LogP contribution < -0.4 is 10.6 Å². The van der Waals surface area contributed by atoms with Crippen molar-refractivity contribution in [3.8, 4) is 0 Å². The first kappa shape index (κ1) is 28.8. The second kappa shape index (κ2) is 19.2. The molecule has 31 heavy (non-hydrogen) atoms. The zero-order chi connectivity index (χ0) is 22.6. The van der Waals surface area contributed by atoms with E-state index >= 15 is 0 Å².